The predicted octanol–water partition coefficient (Wildman–Crippen LogP) is -7.91. The van der Waals surface area contributed by atoms with Crippen molar-refractivity contribution < 1.29 is 136 Å². The monoisotopic (exact) mass is 271 g/mol. The van der Waals surface area contributed by atoms with Crippen LogP contribution in [0.4, 0.5) is 0 Å². The third-order valence-electron chi connectivity index (χ3n) is 0.206. The Morgan fingerprint density at radius 2 is 1.17 bits per heavy atom. The van der Waals surface area contributed by atoms with Gasteiger partial charge in [-0.05, 0) is 0 Å². The maximum atomic E-state index is 9.48. The van der Waals surface area contributed by atoms with Gasteiger partial charge in [-0.1, -0.05) is 0 Å². The van der Waals surface area contributed by atoms with E-state index in [4.69, 9.17) is 9.79 Å². The molecule has 0 radical (unpaired) electrons. The third-order valence-corrected chi connectivity index (χ3v) is 1.86. The second-order valence-electron chi connectivity index (χ2n) is 1.02. The largest absolute Gasteiger partial charge is 1.00 e. The Hall–Kier alpha value is 3.49. The van der Waals surface area contributed by atoms with Crippen molar-refractivity contribution in [2.24, 2.45) is 0 Å². The summed E-state index contributed by atoms with van der Waals surface area (Å²) in [6.07, 6.45) is 0. The Kier molecular flexibility index (Phi) is 19.9. The Bertz CT molecular complexity index is 160. The van der Waals surface area contributed by atoms with Crippen molar-refractivity contribution in [3.05, 3.63) is 0 Å². The average Bonchev–Trinajstić information content (AvgIpc) is 1.14. The average molecular weight is 271 g/mol. The molecule has 0 fully saturated rings. The molecule has 0 saturated heterocycles. The van der Waals surface area contributed by atoms with Crippen LogP contribution in [0.3, 0.4) is 0 Å². The van der Waals surface area contributed by atoms with Gasteiger partial charge < -0.3 is 25.7 Å². The van der Waals surface area contributed by atoms with Gasteiger partial charge in [-0.2, -0.15) is 0 Å². The maximum absolute atomic E-state index is 9.48. The van der Waals surface area contributed by atoms with Gasteiger partial charge in [0, 0.05) is 0 Å². The summed E-state index contributed by atoms with van der Waals surface area (Å²) in [5.74, 6) is 0. The van der Waals surface area contributed by atoms with Crippen LogP contribution in [0, 0.1) is 0 Å². The number of hydrogen-bond donors (Lipinski definition) is 3. The van der Waals surface area contributed by atoms with Gasteiger partial charge in [-0.15, -0.1) is 0 Å². The van der Waals surface area contributed by atoms with Gasteiger partial charge in [0.25, 0.3) is 15.6 Å². The summed E-state index contributed by atoms with van der Waals surface area (Å²) in [4.78, 5) is 34.1. The molecule has 0 aliphatic carbocycles. The van der Waals surface area contributed by atoms with Crippen LogP contribution in [0.25, 0.3) is 0 Å². The first-order valence-electron chi connectivity index (χ1n) is 1.50. The molecule has 0 aromatic rings. The zero-order chi connectivity index (χ0) is 7.71. The molecule has 0 saturated carbocycles. The van der Waals surface area contributed by atoms with Gasteiger partial charge in [-0.25, -0.2) is 4.31 Å². The molecule has 12 heavy (non-hydrogen) atoms. The van der Waals surface area contributed by atoms with Crippen LogP contribution in [0.5, 0.6) is 0 Å². The Morgan fingerprint density at radius 1 is 1.00 bits per heavy atom. The van der Waals surface area contributed by atoms with Crippen molar-refractivity contribution in [3.63, 3.8) is 0 Å². The van der Waals surface area contributed by atoms with Crippen LogP contribution in [-0.4, -0.2) is 9.79 Å². The van der Waals surface area contributed by atoms with Gasteiger partial charge in [0.1, 0.15) is 0 Å². The van der Waals surface area contributed by atoms with E-state index in [1.807, 2.05) is 0 Å². The van der Waals surface area contributed by atoms with Gasteiger partial charge in [0.05, 0.1) is 0 Å². The molecule has 8 nitrogen and oxygen atoms in total. The second kappa shape index (κ2) is 9.70. The van der Waals surface area contributed by atoms with Crippen LogP contribution in [0.1, 0.15) is 0 Å². The van der Waals surface area contributed by atoms with Gasteiger partial charge >= 0.3 is 103 Å². The smallest absolute Gasteiger partial charge is 0.756 e. The molecule has 5 N–H and O–H groups in total. The van der Waals surface area contributed by atoms with Gasteiger partial charge in [0.2, 0.25) is 0 Å². The molecule has 0 amide bonds. The normalized spacial score (nSPS) is 18.3. The Balaban J connectivity index is -0.000000107. The van der Waals surface area contributed by atoms with Crippen LogP contribution < -0.4 is 119 Å². The van der Waals surface area contributed by atoms with E-state index in [1.54, 1.807) is 0 Å². The molecule has 0 rings (SSSR count). The van der Waals surface area contributed by atoms with E-state index in [1.165, 1.54) is 0 Å². The van der Waals surface area contributed by atoms with Crippen molar-refractivity contribution in [1.29, 1.82) is 0 Å². The number of phosphoric acid groups is 2. The first-order valence-corrected chi connectivity index (χ1v) is 4.49. The zero-order valence-electron chi connectivity index (χ0n) is 6.54. The molecule has 0 spiro atoms. The van der Waals surface area contributed by atoms with Crippen LogP contribution in [0.15, 0.2) is 0 Å². The minimum absolute atomic E-state index is 0. The van der Waals surface area contributed by atoms with Crippen LogP contribution in [0.2, 0.25) is 0 Å². The molecule has 2 atom stereocenters. The van der Waals surface area contributed by atoms with E-state index < -0.39 is 15.6 Å². The predicted molar refractivity (Wildman–Crippen MR) is 25.8 cm³/mol. The fraction of sp³-hybridized carbons (Fsp3) is 0. The zero-order valence-corrected chi connectivity index (χ0v) is 14.6. The minimum atomic E-state index is -5.36. The third kappa shape index (κ3) is 23.4. The molecule has 0 aromatic carbocycles. The molecular weight excluding hydrogens is 266 g/mol. The fourth-order valence-electron chi connectivity index (χ4n) is 0.130. The summed E-state index contributed by atoms with van der Waals surface area (Å²) in [6.45, 7) is 0. The summed E-state index contributed by atoms with van der Waals surface area (Å²) in [6, 6.07) is 0. The fourth-order valence-corrected chi connectivity index (χ4v) is 1.17. The summed E-state index contributed by atoms with van der Waals surface area (Å²) in [5, 5.41) is 0. The molecule has 0 aromatic heterocycles. The topological polar surface area (TPSA) is 165 Å². The summed E-state index contributed by atoms with van der Waals surface area (Å²) in [5.41, 5.74) is 0. The van der Waals surface area contributed by atoms with E-state index in [0.29, 0.717) is 0 Å². The standard InChI is InChI=1S/2K.H3N.H4O7P2/c;;;1-8(2,3)7-9(4,5)6/h;;1H3;(H2,1,2,3)(H2,4,5,6)/q2*+1;;/p-2. The van der Waals surface area contributed by atoms with E-state index in [-0.39, 0.29) is 109 Å². The number of hydrogen-bond acceptors (Lipinski definition) is 6. The summed E-state index contributed by atoms with van der Waals surface area (Å²) >= 11 is 0. The van der Waals surface area contributed by atoms with E-state index in [9.17, 15) is 18.9 Å². The summed E-state index contributed by atoms with van der Waals surface area (Å²) in [7, 11) is -10.7. The minimum Gasteiger partial charge on any atom is -0.756 e. The van der Waals surface area contributed by atoms with Crippen LogP contribution >= 0.6 is 15.6 Å². The van der Waals surface area contributed by atoms with Crippen molar-refractivity contribution in [3.8, 4) is 0 Å². The molecule has 0 heterocycles. The van der Waals surface area contributed by atoms with Crippen LogP contribution in [-0.2, 0) is 13.4 Å². The molecule has 12 heteroatoms. The van der Waals surface area contributed by atoms with E-state index in [2.05, 4.69) is 4.31 Å². The quantitative estimate of drug-likeness (QED) is 0.329. The molecule has 0 aliphatic heterocycles. The summed E-state index contributed by atoms with van der Waals surface area (Å²) < 4.78 is 21.7. The number of rotatable bonds is 2. The van der Waals surface area contributed by atoms with Crippen molar-refractivity contribution >= 4 is 15.6 Å². The van der Waals surface area contributed by atoms with Gasteiger partial charge in [-0.3, -0.25) is 9.13 Å². The first-order chi connectivity index (χ1) is 3.71. The Morgan fingerprint density at radius 3 is 1.17 bits per heavy atom. The van der Waals surface area contributed by atoms with Crippen molar-refractivity contribution in [2.45, 2.75) is 0 Å². The SMILES string of the molecule is N.O=P([O-])(O)OP(=O)([O-])O.[K+].[K+]. The van der Waals surface area contributed by atoms with E-state index in [0.717, 1.165) is 0 Å². The van der Waals surface area contributed by atoms with Crippen molar-refractivity contribution in [2.75, 3.05) is 0 Å². The molecule has 2 unspecified atom stereocenters. The second-order valence-corrected chi connectivity index (χ2v) is 3.55. The molecular formula is H5K2NO7P2. The maximum Gasteiger partial charge on any atom is 1.00 e. The first kappa shape index (κ1) is 24.6. The van der Waals surface area contributed by atoms with Crippen molar-refractivity contribution in [1.82, 2.24) is 6.15 Å². The molecule has 0 bridgehead atoms. The van der Waals surface area contributed by atoms with Gasteiger partial charge in [0.15, 0.2) is 0 Å². The molecule has 0 aliphatic rings. The molecule has 64 valence electrons. The Labute approximate surface area is 154 Å². The van der Waals surface area contributed by atoms with E-state index >= 15 is 0 Å².